The summed E-state index contributed by atoms with van der Waals surface area (Å²) in [6, 6.07) is 7.21. The first-order chi connectivity index (χ1) is 9.58. The van der Waals surface area contributed by atoms with Gasteiger partial charge in [-0.25, -0.2) is 4.79 Å². The van der Waals surface area contributed by atoms with Crippen molar-refractivity contribution in [2.24, 2.45) is 0 Å². The number of carbonyl (C=O) groups is 1. The molecule has 4 nitrogen and oxygen atoms in total. The van der Waals surface area contributed by atoms with Crippen molar-refractivity contribution in [2.45, 2.75) is 13.3 Å². The first kappa shape index (κ1) is 14.5. The van der Waals surface area contributed by atoms with E-state index in [0.29, 0.717) is 18.8 Å². The molecule has 0 bridgehead atoms. The van der Waals surface area contributed by atoms with E-state index >= 15 is 0 Å². The fraction of sp³-hybridized carbons (Fsp3) is 0.200. The summed E-state index contributed by atoms with van der Waals surface area (Å²) in [4.78, 5) is 15.3. The van der Waals surface area contributed by atoms with Crippen LogP contribution in [0.2, 0.25) is 0 Å². The minimum atomic E-state index is -0.995. The molecule has 1 aromatic heterocycles. The number of nitrogens with zero attached hydrogens (tertiary/aromatic N) is 1. The van der Waals surface area contributed by atoms with Crippen molar-refractivity contribution in [1.82, 2.24) is 4.98 Å². The molecule has 1 N–H and O–H groups in total. The van der Waals surface area contributed by atoms with Crippen LogP contribution in [0.4, 0.5) is 0 Å². The number of rotatable bonds is 5. The topological polar surface area (TPSA) is 59.4 Å². The summed E-state index contributed by atoms with van der Waals surface area (Å²) in [6.45, 7) is 2.24. The summed E-state index contributed by atoms with van der Waals surface area (Å²) < 4.78 is 6.39. The molecule has 0 radical (unpaired) electrons. The van der Waals surface area contributed by atoms with Gasteiger partial charge in [-0.2, -0.15) is 0 Å². The van der Waals surface area contributed by atoms with E-state index in [4.69, 9.17) is 4.74 Å². The lowest BCUT2D eigenvalue weighted by molar-refractivity contribution is 0.0692. The summed E-state index contributed by atoms with van der Waals surface area (Å²) >= 11 is 3.29. The maximum absolute atomic E-state index is 11.2. The second-order valence-electron chi connectivity index (χ2n) is 4.36. The van der Waals surface area contributed by atoms with Crippen LogP contribution in [0.5, 0.6) is 5.75 Å². The van der Waals surface area contributed by atoms with Gasteiger partial charge in [0.2, 0.25) is 0 Å². The molecule has 0 saturated heterocycles. The fourth-order valence-electron chi connectivity index (χ4n) is 1.90. The third kappa shape index (κ3) is 3.57. The second-order valence-corrected chi connectivity index (χ2v) is 5.28. The van der Waals surface area contributed by atoms with Gasteiger partial charge in [-0.05, 0) is 36.2 Å². The highest BCUT2D eigenvalue weighted by Gasteiger charge is 2.15. The standard InChI is InChI=1S/C15H14BrNO3/c1-10-7-12(16)8-13(15(18)19)14(10)20-6-4-11-3-2-5-17-9-11/h2-3,5,7-9H,4,6H2,1H3,(H,18,19). The third-order valence-electron chi connectivity index (χ3n) is 2.83. The van der Waals surface area contributed by atoms with E-state index in [-0.39, 0.29) is 5.56 Å². The van der Waals surface area contributed by atoms with Crippen molar-refractivity contribution in [2.75, 3.05) is 6.61 Å². The van der Waals surface area contributed by atoms with E-state index in [1.807, 2.05) is 25.1 Å². The number of hydrogen-bond acceptors (Lipinski definition) is 3. The third-order valence-corrected chi connectivity index (χ3v) is 3.29. The summed E-state index contributed by atoms with van der Waals surface area (Å²) in [6.07, 6.45) is 4.17. The van der Waals surface area contributed by atoms with Gasteiger partial charge in [0.05, 0.1) is 6.61 Å². The lowest BCUT2D eigenvalue weighted by atomic mass is 10.1. The number of hydrogen-bond donors (Lipinski definition) is 1. The molecule has 0 atom stereocenters. The van der Waals surface area contributed by atoms with Crippen LogP contribution in [0.3, 0.4) is 0 Å². The van der Waals surface area contributed by atoms with E-state index in [1.54, 1.807) is 18.5 Å². The molecular weight excluding hydrogens is 322 g/mol. The molecule has 1 aromatic carbocycles. The van der Waals surface area contributed by atoms with Crippen LogP contribution in [0.1, 0.15) is 21.5 Å². The van der Waals surface area contributed by atoms with Crippen LogP contribution in [-0.4, -0.2) is 22.7 Å². The molecule has 20 heavy (non-hydrogen) atoms. The molecule has 0 unspecified atom stereocenters. The van der Waals surface area contributed by atoms with Gasteiger partial charge in [-0.3, -0.25) is 4.98 Å². The normalized spacial score (nSPS) is 10.3. The molecule has 0 saturated carbocycles. The highest BCUT2D eigenvalue weighted by atomic mass is 79.9. The lowest BCUT2D eigenvalue weighted by Crippen LogP contribution is -2.08. The number of aromatic nitrogens is 1. The zero-order valence-electron chi connectivity index (χ0n) is 11.0. The van der Waals surface area contributed by atoms with Gasteiger partial charge < -0.3 is 9.84 Å². The van der Waals surface area contributed by atoms with Crippen molar-refractivity contribution in [3.05, 3.63) is 57.8 Å². The molecule has 2 aromatic rings. The Morgan fingerprint density at radius 3 is 2.90 bits per heavy atom. The van der Waals surface area contributed by atoms with Crippen molar-refractivity contribution in [3.63, 3.8) is 0 Å². The van der Waals surface area contributed by atoms with Gasteiger partial charge in [-0.15, -0.1) is 0 Å². The molecular formula is C15H14BrNO3. The smallest absolute Gasteiger partial charge is 0.339 e. The average molecular weight is 336 g/mol. The Hall–Kier alpha value is -1.88. The molecule has 0 aliphatic rings. The molecule has 5 heteroatoms. The van der Waals surface area contributed by atoms with Crippen LogP contribution in [-0.2, 0) is 6.42 Å². The number of carboxylic acid groups (broad SMARTS) is 1. The summed E-state index contributed by atoms with van der Waals surface area (Å²) in [7, 11) is 0. The zero-order valence-corrected chi connectivity index (χ0v) is 12.6. The molecule has 2 rings (SSSR count). The first-order valence-electron chi connectivity index (χ1n) is 6.13. The van der Waals surface area contributed by atoms with Gasteiger partial charge >= 0.3 is 5.97 Å². The predicted octanol–water partition coefficient (Wildman–Crippen LogP) is 3.47. The molecule has 0 amide bonds. The maximum atomic E-state index is 11.2. The molecule has 0 spiro atoms. The number of aryl methyl sites for hydroxylation is 1. The van der Waals surface area contributed by atoms with Crippen molar-refractivity contribution in [3.8, 4) is 5.75 Å². The van der Waals surface area contributed by atoms with Gasteiger partial charge in [-0.1, -0.05) is 22.0 Å². The van der Waals surface area contributed by atoms with E-state index in [1.165, 1.54) is 0 Å². The Balaban J connectivity index is 2.11. The molecule has 104 valence electrons. The molecule has 0 aliphatic heterocycles. The van der Waals surface area contributed by atoms with Gasteiger partial charge in [0.1, 0.15) is 11.3 Å². The van der Waals surface area contributed by atoms with Gasteiger partial charge in [0.15, 0.2) is 0 Å². The maximum Gasteiger partial charge on any atom is 0.339 e. The number of ether oxygens (including phenoxy) is 1. The average Bonchev–Trinajstić information content (AvgIpc) is 2.41. The molecule has 0 aliphatic carbocycles. The Labute approximate surface area is 125 Å². The van der Waals surface area contributed by atoms with Crippen LogP contribution >= 0.6 is 15.9 Å². The highest BCUT2D eigenvalue weighted by molar-refractivity contribution is 9.10. The summed E-state index contributed by atoms with van der Waals surface area (Å²) in [5, 5.41) is 9.22. The van der Waals surface area contributed by atoms with Crippen LogP contribution < -0.4 is 4.74 Å². The molecule has 1 heterocycles. The zero-order chi connectivity index (χ0) is 14.5. The molecule has 0 fully saturated rings. The number of halogens is 1. The van der Waals surface area contributed by atoms with Crippen LogP contribution in [0.15, 0.2) is 41.1 Å². The summed E-state index contributed by atoms with van der Waals surface area (Å²) in [5.41, 5.74) is 2.02. The van der Waals surface area contributed by atoms with E-state index < -0.39 is 5.97 Å². The minimum absolute atomic E-state index is 0.170. The fourth-order valence-corrected chi connectivity index (χ4v) is 2.47. The van der Waals surface area contributed by atoms with Crippen molar-refractivity contribution >= 4 is 21.9 Å². The quantitative estimate of drug-likeness (QED) is 0.908. The summed E-state index contributed by atoms with van der Waals surface area (Å²) in [5.74, 6) is -0.574. The Morgan fingerprint density at radius 1 is 1.45 bits per heavy atom. The minimum Gasteiger partial charge on any atom is -0.492 e. The van der Waals surface area contributed by atoms with Gasteiger partial charge in [0.25, 0.3) is 0 Å². The second kappa shape index (κ2) is 6.52. The van der Waals surface area contributed by atoms with E-state index in [9.17, 15) is 9.90 Å². The van der Waals surface area contributed by atoms with E-state index in [2.05, 4.69) is 20.9 Å². The highest BCUT2D eigenvalue weighted by Crippen LogP contribution is 2.28. The SMILES string of the molecule is Cc1cc(Br)cc(C(=O)O)c1OCCc1cccnc1. The number of carboxylic acids is 1. The Kier molecular flexibility index (Phi) is 4.74. The van der Waals surface area contributed by atoms with Crippen molar-refractivity contribution < 1.29 is 14.6 Å². The van der Waals surface area contributed by atoms with Crippen LogP contribution in [0.25, 0.3) is 0 Å². The largest absolute Gasteiger partial charge is 0.492 e. The van der Waals surface area contributed by atoms with E-state index in [0.717, 1.165) is 15.6 Å². The Morgan fingerprint density at radius 2 is 2.25 bits per heavy atom. The number of benzene rings is 1. The van der Waals surface area contributed by atoms with Crippen LogP contribution in [0, 0.1) is 6.92 Å². The number of pyridine rings is 1. The first-order valence-corrected chi connectivity index (χ1v) is 6.92. The lowest BCUT2D eigenvalue weighted by Gasteiger charge is -2.12. The van der Waals surface area contributed by atoms with Gasteiger partial charge in [0, 0.05) is 23.3 Å². The predicted molar refractivity (Wildman–Crippen MR) is 79.3 cm³/mol. The monoisotopic (exact) mass is 335 g/mol. The Bertz CT molecular complexity index is 614. The number of aromatic carboxylic acids is 1. The van der Waals surface area contributed by atoms with Crippen molar-refractivity contribution in [1.29, 1.82) is 0 Å².